The molecule has 0 radical (unpaired) electrons. The Balaban J connectivity index is 0.000000141. The molecule has 16 rings (SSSR count). The zero-order valence-electron chi connectivity index (χ0n) is 56.6. The molecule has 12 aromatic rings. The maximum absolute atomic E-state index is 13.3. The Morgan fingerprint density at radius 1 is 0.248 bits per heavy atom. The molecule has 0 bridgehead atoms. The van der Waals surface area contributed by atoms with Crippen LogP contribution in [0, 0.1) is 20.8 Å². The monoisotopic (exact) mass is 1340 g/mol. The van der Waals surface area contributed by atoms with Gasteiger partial charge in [-0.05, 0) is 175 Å². The van der Waals surface area contributed by atoms with E-state index >= 15 is 0 Å². The van der Waals surface area contributed by atoms with E-state index in [9.17, 15) is 57.5 Å². The molecule has 8 amide bonds. The van der Waals surface area contributed by atoms with Crippen LogP contribution in [0.2, 0.25) is 0 Å². The number of aryl methyl sites for hydroxylation is 3. The van der Waals surface area contributed by atoms with Gasteiger partial charge in [-0.25, -0.2) is 14.4 Å². The average Bonchev–Trinajstić information content (AvgIpc) is 1.63. The van der Waals surface area contributed by atoms with E-state index in [1.54, 1.807) is 121 Å². The molecule has 101 heavy (non-hydrogen) atoms. The first-order valence-electron chi connectivity index (χ1n) is 32.5. The first-order valence-corrected chi connectivity index (χ1v) is 32.5. The van der Waals surface area contributed by atoms with Gasteiger partial charge in [-0.15, -0.1) is 0 Å². The molecule has 6 heterocycles. The van der Waals surface area contributed by atoms with E-state index in [0.29, 0.717) is 89.8 Å². The maximum atomic E-state index is 13.3. The second kappa shape index (κ2) is 27.0. The normalized spacial score (nSPS) is 13.3. The van der Waals surface area contributed by atoms with Crippen molar-refractivity contribution < 1.29 is 43.1 Å². The van der Waals surface area contributed by atoms with Crippen molar-refractivity contribution >= 4 is 80.2 Å². The van der Waals surface area contributed by atoms with E-state index in [0.717, 1.165) is 51.7 Å². The topological polar surface area (TPSA) is 237 Å². The van der Waals surface area contributed by atoms with Crippen LogP contribution in [-0.4, -0.2) is 80.3 Å². The van der Waals surface area contributed by atoms with Crippen molar-refractivity contribution in [1.29, 1.82) is 0 Å². The van der Waals surface area contributed by atoms with Crippen molar-refractivity contribution in [1.82, 2.24) is 18.9 Å². The molecule has 0 saturated heterocycles. The fraction of sp³-hybridized carbons (Fsp3) is 0.122. The zero-order valence-corrected chi connectivity index (χ0v) is 56.6. The number of hydrogen-bond donors (Lipinski definition) is 0. The van der Waals surface area contributed by atoms with Crippen molar-refractivity contribution in [3.05, 3.63) is 309 Å². The number of imide groups is 4. The van der Waals surface area contributed by atoms with E-state index in [-0.39, 0.29) is 62.6 Å². The second-order valence-electron chi connectivity index (χ2n) is 24.0. The molecule has 4 aliphatic heterocycles. The Labute approximate surface area is 578 Å². The number of nitrogens with zero attached hydrogens (tertiary/aromatic N) is 6. The quantitative estimate of drug-likeness (QED) is 0.129. The molecule has 0 unspecified atom stereocenters. The highest BCUT2D eigenvalue weighted by atomic mass is 16.5. The fourth-order valence-electron chi connectivity index (χ4n) is 12.4. The fourth-order valence-corrected chi connectivity index (χ4v) is 12.4. The van der Waals surface area contributed by atoms with E-state index < -0.39 is 34.1 Å². The standard InChI is InChI=1S/C30H20N2O5.2C24H16N2O4.2C2H6/c1-17-3-9-21(10-4-17)37-22-11-7-20(8-12-22)32-29(35)24-14-6-19(16-26(24)30(32)36)18-5-13-23-25(15-18)28(34)31(2)27(23)33;1-13-3-7-16(8-4-13)26-23(29)18-10-6-15(12-20(18)24(26)30)14-5-9-17-19(11-14)22(28)25(2)21(17)27;1-13-3-5-14(6-4-13)15-7-9-16(10-8-15)26-23(29)19-11-17-18(12-20(19)24(26)30)22(28)25(2)21(17)27;2*1-2/h3-16H,1-2H3;2*3-12H,1-2H3;2*1-2H3. The van der Waals surface area contributed by atoms with Crippen molar-refractivity contribution in [2.75, 3.05) is 23.9 Å². The summed E-state index contributed by atoms with van der Waals surface area (Å²) in [5.74, 6) is -1.69. The van der Waals surface area contributed by atoms with Gasteiger partial charge in [0.2, 0.25) is 0 Å². The Bertz CT molecular complexity index is 5630. The molecule has 4 aliphatic rings. The largest absolute Gasteiger partial charge is 0.457 e. The Hall–Kier alpha value is -13.2. The van der Waals surface area contributed by atoms with Gasteiger partial charge >= 0.3 is 0 Å². The number of benzene rings is 10. The molecule has 10 aromatic carbocycles. The van der Waals surface area contributed by atoms with Crippen LogP contribution >= 0.6 is 0 Å². The number of amides is 8. The number of ether oxygens (including phenoxy) is 1. The van der Waals surface area contributed by atoms with E-state index in [1.807, 2.05) is 121 Å². The van der Waals surface area contributed by atoms with E-state index in [2.05, 4.69) is 0 Å². The second-order valence-corrected chi connectivity index (χ2v) is 24.0. The van der Waals surface area contributed by atoms with Crippen LogP contribution < -0.4 is 36.8 Å². The predicted molar refractivity (Wildman–Crippen MR) is 388 cm³/mol. The van der Waals surface area contributed by atoms with Gasteiger partial charge in [0.15, 0.2) is 0 Å². The lowest BCUT2D eigenvalue weighted by molar-refractivity contribution is 0.0678. The van der Waals surface area contributed by atoms with Gasteiger partial charge in [-0.3, -0.25) is 71.9 Å². The number of hydrogen-bond acceptors (Lipinski definition) is 13. The molecule has 19 heteroatoms. The average molecular weight is 1340 g/mol. The Kier molecular flexibility index (Phi) is 18.2. The minimum Gasteiger partial charge on any atom is -0.457 e. The smallest absolute Gasteiger partial charge is 0.266 e. The van der Waals surface area contributed by atoms with Gasteiger partial charge in [0.25, 0.3) is 69.5 Å². The van der Waals surface area contributed by atoms with Crippen LogP contribution in [0.5, 0.6) is 11.5 Å². The summed E-state index contributed by atoms with van der Waals surface area (Å²) in [6.07, 6.45) is 0. The van der Waals surface area contributed by atoms with Crippen LogP contribution in [0.4, 0.5) is 11.4 Å². The Morgan fingerprint density at radius 3 is 0.861 bits per heavy atom. The SMILES string of the molecule is CC.CC.Cc1ccc(-c2ccc(-n3c(=O)c4cc5c(=O)n(C)c(=O)c5cc4c3=O)cc2)cc1.Cc1ccc(N2C(=O)c3ccc(-c4ccc5c(c4)C(=O)N(C)C5=O)cc3C2=O)cc1.Cc1ccc(Oc2ccc(N3C(=O)c4ccc(-c5ccc6c(c5)C(=O)N(C)C6=O)cc4C3=O)cc2)cc1. The number of aromatic nitrogens is 2. The highest BCUT2D eigenvalue weighted by molar-refractivity contribution is 6.36. The summed E-state index contributed by atoms with van der Waals surface area (Å²) >= 11 is 0. The maximum Gasteiger partial charge on any atom is 0.266 e. The molecule has 0 N–H and O–H groups in total. The van der Waals surface area contributed by atoms with Crippen LogP contribution in [0.25, 0.3) is 60.6 Å². The third kappa shape index (κ3) is 11.9. The third-order valence-electron chi connectivity index (χ3n) is 17.9. The number of rotatable bonds is 8. The summed E-state index contributed by atoms with van der Waals surface area (Å²) in [4.78, 5) is 156. The van der Waals surface area contributed by atoms with Gasteiger partial charge in [0, 0.05) is 21.1 Å². The molecule has 0 spiro atoms. The van der Waals surface area contributed by atoms with Gasteiger partial charge in [-0.2, -0.15) is 0 Å². The molecule has 500 valence electrons. The van der Waals surface area contributed by atoms with Crippen molar-refractivity contribution in [3.8, 4) is 50.6 Å². The first kappa shape index (κ1) is 67.8. The highest BCUT2D eigenvalue weighted by Crippen LogP contribution is 2.37. The molecule has 0 aliphatic carbocycles. The summed E-state index contributed by atoms with van der Waals surface area (Å²) in [6, 6.07) is 59.6. The molecule has 0 saturated carbocycles. The summed E-state index contributed by atoms with van der Waals surface area (Å²) < 4.78 is 7.91. The minimum absolute atomic E-state index is 0.137. The highest BCUT2D eigenvalue weighted by Gasteiger charge is 2.40. The number of carbonyl (C=O) groups is 8. The van der Waals surface area contributed by atoms with Crippen LogP contribution in [0.15, 0.2) is 225 Å². The Morgan fingerprint density at radius 2 is 0.495 bits per heavy atom. The summed E-state index contributed by atoms with van der Waals surface area (Å²) in [5, 5.41) is 0.577. The molecular weight excluding hydrogens is 1280 g/mol. The molecular formula is C82H64N6O13. The predicted octanol–water partition coefficient (Wildman–Crippen LogP) is 13.6. The van der Waals surface area contributed by atoms with E-state index in [1.165, 1.54) is 38.2 Å². The van der Waals surface area contributed by atoms with Gasteiger partial charge < -0.3 is 4.74 Å². The lowest BCUT2D eigenvalue weighted by Gasteiger charge is -2.14. The number of fused-ring (bicyclic) bond motifs is 6. The lowest BCUT2D eigenvalue weighted by Crippen LogP contribution is -2.29. The summed E-state index contributed by atoms with van der Waals surface area (Å²) in [5.41, 5.74) is 10.1. The molecule has 0 atom stereocenters. The van der Waals surface area contributed by atoms with Gasteiger partial charge in [-0.1, -0.05) is 129 Å². The van der Waals surface area contributed by atoms with Crippen LogP contribution in [0.1, 0.15) is 127 Å². The minimum atomic E-state index is -0.504. The molecule has 19 nitrogen and oxygen atoms in total. The van der Waals surface area contributed by atoms with Crippen molar-refractivity contribution in [2.24, 2.45) is 7.05 Å². The van der Waals surface area contributed by atoms with Crippen LogP contribution in [-0.2, 0) is 7.05 Å². The molecule has 2 aromatic heterocycles. The summed E-state index contributed by atoms with van der Waals surface area (Å²) in [7, 11) is 4.27. The number of anilines is 2. The summed E-state index contributed by atoms with van der Waals surface area (Å²) in [6.45, 7) is 14.0. The lowest BCUT2D eigenvalue weighted by atomic mass is 9.97. The van der Waals surface area contributed by atoms with Gasteiger partial charge in [0.1, 0.15) is 11.5 Å². The van der Waals surface area contributed by atoms with E-state index in [4.69, 9.17) is 4.74 Å². The first-order chi connectivity index (χ1) is 48.5. The van der Waals surface area contributed by atoms with Crippen molar-refractivity contribution in [3.63, 3.8) is 0 Å². The van der Waals surface area contributed by atoms with Crippen molar-refractivity contribution in [2.45, 2.75) is 48.5 Å². The zero-order chi connectivity index (χ0) is 72.2. The number of carbonyl (C=O) groups excluding carboxylic acids is 8. The van der Waals surface area contributed by atoms with Crippen LogP contribution in [0.3, 0.4) is 0 Å². The van der Waals surface area contributed by atoms with Gasteiger partial charge in [0.05, 0.1) is 83.1 Å². The third-order valence-corrected chi connectivity index (χ3v) is 17.9. The molecule has 0 fully saturated rings.